The van der Waals surface area contributed by atoms with E-state index in [4.69, 9.17) is 0 Å². The molecule has 2 aromatic carbocycles. The normalized spacial score (nSPS) is 12.0. The zero-order chi connectivity index (χ0) is 23.7. The number of carbonyl (C=O) groups is 1. The van der Waals surface area contributed by atoms with Crippen LogP contribution in [0.5, 0.6) is 0 Å². The molecule has 0 atom stereocenters. The minimum Gasteiger partial charge on any atom is -0.337 e. The highest BCUT2D eigenvalue weighted by atomic mass is 19.4. The van der Waals surface area contributed by atoms with Crippen molar-refractivity contribution in [1.82, 2.24) is 14.9 Å². The number of rotatable bonds is 4. The van der Waals surface area contributed by atoms with E-state index in [-0.39, 0.29) is 17.2 Å². The van der Waals surface area contributed by atoms with Gasteiger partial charge in [0.2, 0.25) is 0 Å². The van der Waals surface area contributed by atoms with E-state index in [1.54, 1.807) is 18.2 Å². The van der Waals surface area contributed by atoms with Crippen molar-refractivity contribution in [2.45, 2.75) is 25.8 Å². The van der Waals surface area contributed by atoms with E-state index in [1.807, 2.05) is 13.0 Å². The summed E-state index contributed by atoms with van der Waals surface area (Å²) >= 11 is 0. The van der Waals surface area contributed by atoms with E-state index in [0.29, 0.717) is 23.4 Å². The van der Waals surface area contributed by atoms with Gasteiger partial charge in [-0.05, 0) is 36.2 Å². The number of hydrogen-bond acceptors (Lipinski definition) is 3. The minimum atomic E-state index is -4.97. The Hall–Kier alpha value is -3.43. The van der Waals surface area contributed by atoms with Crippen molar-refractivity contribution in [3.8, 4) is 11.3 Å². The lowest BCUT2D eigenvalue weighted by Gasteiger charge is -2.21. The standard InChI is InChI=1S/C22H17F6N3O/c1-13-5-3-4-6-17(13)19-18(10-29-12-30-19)20(32)31(2)11-14-7-15(21(23,24)25)9-16(8-14)22(26,27)28/h3-10,12H,11H2,1-2H3. The number of hydrogen-bond donors (Lipinski definition) is 0. The third-order valence-electron chi connectivity index (χ3n) is 4.76. The summed E-state index contributed by atoms with van der Waals surface area (Å²) in [5.41, 5.74) is -1.31. The Morgan fingerprint density at radius 1 is 0.969 bits per heavy atom. The van der Waals surface area contributed by atoms with Crippen molar-refractivity contribution in [1.29, 1.82) is 0 Å². The van der Waals surface area contributed by atoms with Gasteiger partial charge in [-0.25, -0.2) is 9.97 Å². The molecule has 0 aliphatic heterocycles. The molecule has 0 unspecified atom stereocenters. The van der Waals surface area contributed by atoms with E-state index < -0.39 is 35.9 Å². The lowest BCUT2D eigenvalue weighted by atomic mass is 10.0. The molecular weight excluding hydrogens is 436 g/mol. The average Bonchev–Trinajstić information content (AvgIpc) is 2.72. The highest BCUT2D eigenvalue weighted by molar-refractivity contribution is 5.99. The third kappa shape index (κ3) is 5.06. The first kappa shape index (κ1) is 23.2. The fourth-order valence-electron chi connectivity index (χ4n) is 3.20. The van der Waals surface area contributed by atoms with Gasteiger partial charge in [-0.15, -0.1) is 0 Å². The second kappa shape index (κ2) is 8.60. The summed E-state index contributed by atoms with van der Waals surface area (Å²) in [4.78, 5) is 22.0. The molecule has 0 aliphatic carbocycles. The van der Waals surface area contributed by atoms with Gasteiger partial charge in [0.05, 0.1) is 22.4 Å². The first-order valence-corrected chi connectivity index (χ1v) is 9.27. The fraction of sp³-hybridized carbons (Fsp3) is 0.227. The zero-order valence-electron chi connectivity index (χ0n) is 16.9. The lowest BCUT2D eigenvalue weighted by Crippen LogP contribution is -2.27. The van der Waals surface area contributed by atoms with Crippen LogP contribution in [0, 0.1) is 6.92 Å². The lowest BCUT2D eigenvalue weighted by molar-refractivity contribution is -0.143. The molecule has 1 aromatic heterocycles. The van der Waals surface area contributed by atoms with Crippen LogP contribution in [0.4, 0.5) is 26.3 Å². The van der Waals surface area contributed by atoms with Crippen LogP contribution in [0.3, 0.4) is 0 Å². The van der Waals surface area contributed by atoms with Crippen LogP contribution in [-0.4, -0.2) is 27.8 Å². The highest BCUT2D eigenvalue weighted by Gasteiger charge is 2.37. The van der Waals surface area contributed by atoms with Crippen LogP contribution in [-0.2, 0) is 18.9 Å². The van der Waals surface area contributed by atoms with Crippen molar-refractivity contribution in [2.75, 3.05) is 7.05 Å². The van der Waals surface area contributed by atoms with Crippen molar-refractivity contribution in [2.24, 2.45) is 0 Å². The molecule has 32 heavy (non-hydrogen) atoms. The van der Waals surface area contributed by atoms with Gasteiger partial charge in [-0.1, -0.05) is 24.3 Å². The summed E-state index contributed by atoms with van der Waals surface area (Å²) in [5, 5.41) is 0. The van der Waals surface area contributed by atoms with Crippen molar-refractivity contribution in [3.05, 3.63) is 82.8 Å². The first-order chi connectivity index (χ1) is 14.9. The topological polar surface area (TPSA) is 46.1 Å². The molecule has 0 saturated heterocycles. The molecule has 0 radical (unpaired) electrons. The van der Waals surface area contributed by atoms with Crippen LogP contribution in [0.2, 0.25) is 0 Å². The van der Waals surface area contributed by atoms with Crippen molar-refractivity contribution < 1.29 is 31.1 Å². The predicted molar refractivity (Wildman–Crippen MR) is 104 cm³/mol. The molecule has 0 N–H and O–H groups in total. The fourth-order valence-corrected chi connectivity index (χ4v) is 3.20. The molecule has 0 spiro atoms. The Bertz CT molecular complexity index is 1110. The van der Waals surface area contributed by atoms with E-state index in [1.165, 1.54) is 19.6 Å². The molecule has 0 saturated carbocycles. The SMILES string of the molecule is Cc1ccccc1-c1ncncc1C(=O)N(C)Cc1cc(C(F)(F)F)cc(C(F)(F)F)c1. The molecule has 3 rings (SSSR count). The second-order valence-electron chi connectivity index (χ2n) is 7.18. The predicted octanol–water partition coefficient (Wildman–Crippen LogP) is 5.76. The smallest absolute Gasteiger partial charge is 0.337 e. The monoisotopic (exact) mass is 453 g/mol. The van der Waals surface area contributed by atoms with Gasteiger partial charge < -0.3 is 4.90 Å². The van der Waals surface area contributed by atoms with Crippen LogP contribution >= 0.6 is 0 Å². The summed E-state index contributed by atoms with van der Waals surface area (Å²) in [6.07, 6.45) is -7.42. The maximum absolute atomic E-state index is 13.1. The van der Waals surface area contributed by atoms with Crippen LogP contribution in [0.15, 0.2) is 55.0 Å². The summed E-state index contributed by atoms with van der Waals surface area (Å²) in [6.45, 7) is 1.34. The van der Waals surface area contributed by atoms with Crippen LogP contribution in [0.1, 0.15) is 32.6 Å². The minimum absolute atomic E-state index is 0.0483. The zero-order valence-corrected chi connectivity index (χ0v) is 16.9. The molecule has 0 aliphatic rings. The molecule has 1 heterocycles. The maximum atomic E-state index is 13.1. The summed E-state index contributed by atoms with van der Waals surface area (Å²) in [5.74, 6) is -0.644. The van der Waals surface area contributed by atoms with Crippen molar-refractivity contribution >= 4 is 5.91 Å². The molecule has 0 bridgehead atoms. The van der Waals surface area contributed by atoms with Crippen LogP contribution in [0.25, 0.3) is 11.3 Å². The molecule has 1 amide bonds. The van der Waals surface area contributed by atoms with E-state index >= 15 is 0 Å². The quantitative estimate of drug-likeness (QED) is 0.472. The number of aryl methyl sites for hydroxylation is 1. The van der Waals surface area contributed by atoms with E-state index in [2.05, 4.69) is 9.97 Å². The number of nitrogens with zero attached hydrogens (tertiary/aromatic N) is 3. The Kier molecular flexibility index (Phi) is 6.25. The van der Waals surface area contributed by atoms with Gasteiger partial charge in [0, 0.05) is 25.4 Å². The van der Waals surface area contributed by atoms with Gasteiger partial charge in [-0.2, -0.15) is 26.3 Å². The summed E-state index contributed by atoms with van der Waals surface area (Å²) in [7, 11) is 1.28. The van der Waals surface area contributed by atoms with Gasteiger partial charge in [0.15, 0.2) is 0 Å². The Morgan fingerprint density at radius 2 is 1.56 bits per heavy atom. The van der Waals surface area contributed by atoms with E-state index in [9.17, 15) is 31.1 Å². The molecule has 10 heteroatoms. The van der Waals surface area contributed by atoms with Gasteiger partial charge >= 0.3 is 12.4 Å². The first-order valence-electron chi connectivity index (χ1n) is 9.27. The number of amides is 1. The number of benzene rings is 2. The number of alkyl halides is 6. The third-order valence-corrected chi connectivity index (χ3v) is 4.76. The Labute approximate surface area is 179 Å². The van der Waals surface area contributed by atoms with Crippen molar-refractivity contribution in [3.63, 3.8) is 0 Å². The highest BCUT2D eigenvalue weighted by Crippen LogP contribution is 2.36. The maximum Gasteiger partial charge on any atom is 0.416 e. The number of carbonyl (C=O) groups excluding carboxylic acids is 1. The molecular formula is C22H17F6N3O. The summed E-state index contributed by atoms with van der Waals surface area (Å²) < 4.78 is 78.7. The number of aromatic nitrogens is 2. The van der Waals surface area contributed by atoms with Gasteiger partial charge in [-0.3, -0.25) is 4.79 Å². The number of halogens is 6. The summed E-state index contributed by atoms with van der Waals surface area (Å²) in [6, 6.07) is 8.37. The Balaban J connectivity index is 1.96. The second-order valence-corrected chi connectivity index (χ2v) is 7.18. The average molecular weight is 453 g/mol. The van der Waals surface area contributed by atoms with Gasteiger partial charge in [0.25, 0.3) is 5.91 Å². The molecule has 168 valence electrons. The van der Waals surface area contributed by atoms with Gasteiger partial charge in [0.1, 0.15) is 6.33 Å². The molecule has 0 fully saturated rings. The molecule has 4 nitrogen and oxygen atoms in total. The molecule has 3 aromatic rings. The largest absolute Gasteiger partial charge is 0.416 e. The van der Waals surface area contributed by atoms with E-state index in [0.717, 1.165) is 10.5 Å². The van der Waals surface area contributed by atoms with Crippen LogP contribution < -0.4 is 0 Å². The Morgan fingerprint density at radius 3 is 2.12 bits per heavy atom.